The van der Waals surface area contributed by atoms with Crippen molar-refractivity contribution in [1.29, 1.82) is 0 Å². The second kappa shape index (κ2) is 12.4. The minimum atomic E-state index is 0. The Morgan fingerprint density at radius 3 is 2.44 bits per heavy atom. The molecule has 0 aromatic rings. The van der Waals surface area contributed by atoms with Crippen LogP contribution >= 0.6 is 24.0 Å². The molecule has 6 nitrogen and oxygen atoms in total. The molecule has 3 saturated heterocycles. The monoisotopic (exact) mass is 493 g/mol. The zero-order valence-corrected chi connectivity index (χ0v) is 19.6. The number of ether oxygens (including phenoxy) is 1. The Morgan fingerprint density at radius 1 is 1.11 bits per heavy atom. The first kappa shape index (κ1) is 23.2. The van der Waals surface area contributed by atoms with Crippen LogP contribution in [0.4, 0.5) is 0 Å². The topological polar surface area (TPSA) is 52.1 Å². The Hall–Kier alpha value is -0.120. The lowest BCUT2D eigenvalue weighted by Crippen LogP contribution is -2.62. The lowest BCUT2D eigenvalue weighted by atomic mass is 9.98. The van der Waals surface area contributed by atoms with Gasteiger partial charge < -0.3 is 15.4 Å². The van der Waals surface area contributed by atoms with Crippen LogP contribution in [0.2, 0.25) is 0 Å². The maximum Gasteiger partial charge on any atom is 0.191 e. The van der Waals surface area contributed by atoms with Crippen LogP contribution in [-0.4, -0.2) is 86.9 Å². The van der Waals surface area contributed by atoms with Gasteiger partial charge in [-0.05, 0) is 39.0 Å². The highest BCUT2D eigenvalue weighted by Crippen LogP contribution is 2.30. The smallest absolute Gasteiger partial charge is 0.191 e. The van der Waals surface area contributed by atoms with Crippen LogP contribution in [0.3, 0.4) is 0 Å². The Bertz CT molecular complexity index is 436. The molecule has 0 amide bonds. The zero-order valence-electron chi connectivity index (χ0n) is 17.3. The van der Waals surface area contributed by atoms with E-state index < -0.39 is 0 Å². The quantitative estimate of drug-likeness (QED) is 0.293. The summed E-state index contributed by atoms with van der Waals surface area (Å²) in [4.78, 5) is 10.1. The third kappa shape index (κ3) is 7.01. The summed E-state index contributed by atoms with van der Waals surface area (Å²) >= 11 is 0. The van der Waals surface area contributed by atoms with Crippen LogP contribution in [-0.2, 0) is 4.74 Å². The average molecular weight is 493 g/mol. The van der Waals surface area contributed by atoms with Crippen LogP contribution < -0.4 is 10.6 Å². The predicted molar refractivity (Wildman–Crippen MR) is 123 cm³/mol. The fraction of sp³-hybridized carbons (Fsp3) is 0.950. The second-order valence-corrected chi connectivity index (χ2v) is 7.96. The highest BCUT2D eigenvalue weighted by Gasteiger charge is 2.31. The van der Waals surface area contributed by atoms with Crippen molar-refractivity contribution in [3.63, 3.8) is 0 Å². The van der Waals surface area contributed by atoms with Crippen molar-refractivity contribution in [2.75, 3.05) is 59.0 Å². The molecule has 27 heavy (non-hydrogen) atoms. The molecule has 0 radical (unpaired) electrons. The fourth-order valence-electron chi connectivity index (χ4n) is 4.77. The summed E-state index contributed by atoms with van der Waals surface area (Å²) in [5.41, 5.74) is 0. The van der Waals surface area contributed by atoms with E-state index in [9.17, 15) is 0 Å². The molecule has 3 aliphatic heterocycles. The number of hydrogen-bond acceptors (Lipinski definition) is 4. The van der Waals surface area contributed by atoms with Crippen molar-refractivity contribution >= 4 is 29.9 Å². The van der Waals surface area contributed by atoms with E-state index in [-0.39, 0.29) is 24.0 Å². The van der Waals surface area contributed by atoms with E-state index in [4.69, 9.17) is 9.73 Å². The lowest BCUT2D eigenvalue weighted by molar-refractivity contribution is 0.0166. The number of nitrogens with one attached hydrogen (secondary N) is 2. The highest BCUT2D eigenvalue weighted by molar-refractivity contribution is 14.0. The van der Waals surface area contributed by atoms with Crippen LogP contribution in [0.25, 0.3) is 0 Å². The van der Waals surface area contributed by atoms with E-state index in [1.54, 1.807) is 0 Å². The number of piperazine rings is 3. The highest BCUT2D eigenvalue weighted by atomic mass is 127. The number of fused-ring (bicyclic) bond motifs is 3. The molecular weight excluding hydrogens is 453 g/mol. The minimum Gasteiger partial charge on any atom is -0.378 e. The predicted octanol–water partition coefficient (Wildman–Crippen LogP) is 2.14. The fourth-order valence-corrected chi connectivity index (χ4v) is 4.77. The largest absolute Gasteiger partial charge is 0.378 e. The number of hydrogen-bond donors (Lipinski definition) is 2. The first-order valence-electron chi connectivity index (χ1n) is 10.9. The van der Waals surface area contributed by atoms with Crippen LogP contribution in [0, 0.1) is 5.92 Å². The van der Waals surface area contributed by atoms with Crippen molar-refractivity contribution in [3.8, 4) is 0 Å². The molecule has 4 aliphatic rings. The van der Waals surface area contributed by atoms with Crippen molar-refractivity contribution in [2.24, 2.45) is 10.9 Å². The van der Waals surface area contributed by atoms with Gasteiger partial charge in [0.05, 0.1) is 12.6 Å². The molecule has 1 saturated carbocycles. The van der Waals surface area contributed by atoms with Crippen molar-refractivity contribution in [3.05, 3.63) is 0 Å². The molecule has 2 atom stereocenters. The molecule has 2 bridgehead atoms. The Morgan fingerprint density at radius 2 is 1.85 bits per heavy atom. The van der Waals surface area contributed by atoms with Gasteiger partial charge in [-0.3, -0.25) is 14.8 Å². The number of nitrogens with zero attached hydrogens (tertiary/aromatic N) is 3. The summed E-state index contributed by atoms with van der Waals surface area (Å²) in [6.07, 6.45) is 6.92. The average Bonchev–Trinajstić information content (AvgIpc) is 3.21. The SMILES string of the molecule is CCNC(=NCC1CN2CCN1CC2)NCCC(OCC)C1CCCC1.I. The van der Waals surface area contributed by atoms with Crippen molar-refractivity contribution in [1.82, 2.24) is 20.4 Å². The molecule has 4 fully saturated rings. The summed E-state index contributed by atoms with van der Waals surface area (Å²) in [7, 11) is 0. The summed E-state index contributed by atoms with van der Waals surface area (Å²) in [6, 6.07) is 0.586. The van der Waals surface area contributed by atoms with Gasteiger partial charge in [-0.25, -0.2) is 0 Å². The van der Waals surface area contributed by atoms with Crippen LogP contribution in [0.5, 0.6) is 0 Å². The molecule has 0 spiro atoms. The maximum atomic E-state index is 6.04. The van der Waals surface area contributed by atoms with Crippen molar-refractivity contribution in [2.45, 2.75) is 58.1 Å². The van der Waals surface area contributed by atoms with Gasteiger partial charge in [0.25, 0.3) is 0 Å². The van der Waals surface area contributed by atoms with Gasteiger partial charge in [-0.15, -0.1) is 24.0 Å². The molecular formula is C20H40IN5O. The normalized spacial score (nSPS) is 29.4. The first-order chi connectivity index (χ1) is 12.8. The third-order valence-electron chi connectivity index (χ3n) is 6.22. The van der Waals surface area contributed by atoms with E-state index >= 15 is 0 Å². The van der Waals surface area contributed by atoms with E-state index in [0.717, 1.165) is 44.5 Å². The Labute approximate surface area is 182 Å². The van der Waals surface area contributed by atoms with Crippen LogP contribution in [0.1, 0.15) is 46.0 Å². The molecule has 2 N–H and O–H groups in total. The molecule has 2 unspecified atom stereocenters. The number of guanidine groups is 1. The Balaban J connectivity index is 0.00000261. The molecule has 3 heterocycles. The van der Waals surface area contributed by atoms with Gasteiger partial charge in [0, 0.05) is 58.5 Å². The van der Waals surface area contributed by atoms with Gasteiger partial charge in [0.2, 0.25) is 0 Å². The lowest BCUT2D eigenvalue weighted by Gasteiger charge is -2.47. The van der Waals surface area contributed by atoms with E-state index in [0.29, 0.717) is 12.1 Å². The number of halogens is 1. The minimum absolute atomic E-state index is 0. The van der Waals surface area contributed by atoms with Crippen LogP contribution in [0.15, 0.2) is 4.99 Å². The number of aliphatic imine (C=N–C) groups is 1. The van der Waals surface area contributed by atoms with Gasteiger partial charge in [0.15, 0.2) is 5.96 Å². The van der Waals surface area contributed by atoms with E-state index in [2.05, 4.69) is 34.3 Å². The summed E-state index contributed by atoms with van der Waals surface area (Å²) in [6.45, 7) is 13.9. The van der Waals surface area contributed by atoms with Gasteiger partial charge >= 0.3 is 0 Å². The molecule has 0 aromatic carbocycles. The molecule has 0 aromatic heterocycles. The summed E-state index contributed by atoms with van der Waals surface area (Å²) in [5, 5.41) is 6.95. The molecule has 4 rings (SSSR count). The van der Waals surface area contributed by atoms with E-state index in [1.165, 1.54) is 58.4 Å². The summed E-state index contributed by atoms with van der Waals surface area (Å²) < 4.78 is 6.04. The molecule has 7 heteroatoms. The zero-order chi connectivity index (χ0) is 18.2. The van der Waals surface area contributed by atoms with Crippen molar-refractivity contribution < 1.29 is 4.74 Å². The van der Waals surface area contributed by atoms with E-state index in [1.807, 2.05) is 0 Å². The Kier molecular flexibility index (Phi) is 10.7. The maximum absolute atomic E-state index is 6.04. The summed E-state index contributed by atoms with van der Waals surface area (Å²) in [5.74, 6) is 1.72. The van der Waals surface area contributed by atoms with Gasteiger partial charge in [-0.2, -0.15) is 0 Å². The number of rotatable bonds is 9. The standard InChI is InChI=1S/C20H39N5O.HI/c1-3-21-20(23-15-18-16-24-11-13-25(18)14-12-24)22-10-9-19(26-4-2)17-7-5-6-8-17;/h17-19H,3-16H2,1-2H3,(H2,21,22,23);1H. The van der Waals surface area contributed by atoms with Gasteiger partial charge in [0.1, 0.15) is 0 Å². The molecule has 158 valence electrons. The first-order valence-corrected chi connectivity index (χ1v) is 10.9. The van der Waals surface area contributed by atoms with Gasteiger partial charge in [-0.1, -0.05) is 12.8 Å². The second-order valence-electron chi connectivity index (χ2n) is 7.96. The third-order valence-corrected chi connectivity index (χ3v) is 6.22. The molecule has 1 aliphatic carbocycles.